The van der Waals surface area contributed by atoms with Crippen LogP contribution in [0, 0.1) is 6.92 Å². The molecule has 0 unspecified atom stereocenters. The van der Waals surface area contributed by atoms with Crippen LogP contribution in [0.2, 0.25) is 5.02 Å². The minimum absolute atomic E-state index is 0.212. The second-order valence-electron chi connectivity index (χ2n) is 4.44. The molecule has 0 fully saturated rings. The number of hydrogen-bond donors (Lipinski definition) is 1. The van der Waals surface area contributed by atoms with E-state index in [9.17, 15) is 8.78 Å². The summed E-state index contributed by atoms with van der Waals surface area (Å²) in [5.74, 6) is 0. The van der Waals surface area contributed by atoms with E-state index < -0.39 is 6.43 Å². The third kappa shape index (κ3) is 2.95. The topological polar surface area (TPSA) is 24.9 Å². The molecule has 2 rings (SSSR count). The van der Waals surface area contributed by atoms with Crippen LogP contribution >= 0.6 is 11.6 Å². The van der Waals surface area contributed by atoms with Crippen molar-refractivity contribution in [2.45, 2.75) is 26.7 Å². The van der Waals surface area contributed by atoms with Crippen LogP contribution in [0.3, 0.4) is 0 Å². The number of rotatable bonds is 4. The molecule has 0 amide bonds. The molecular weight excluding hydrogens is 270 g/mol. The smallest absolute Gasteiger partial charge is 0.280 e. The van der Waals surface area contributed by atoms with Crippen molar-refractivity contribution in [2.24, 2.45) is 0 Å². The van der Waals surface area contributed by atoms with Gasteiger partial charge in [-0.15, -0.1) is 0 Å². The molecule has 0 aliphatic rings. The van der Waals surface area contributed by atoms with Crippen LogP contribution in [0.4, 0.5) is 14.5 Å². The van der Waals surface area contributed by atoms with Gasteiger partial charge in [-0.2, -0.15) is 0 Å². The lowest BCUT2D eigenvalue weighted by molar-refractivity contribution is 0.146. The Bertz CT molecular complexity index is 600. The zero-order valence-electron chi connectivity index (χ0n) is 10.8. The molecule has 1 N–H and O–H groups in total. The SMILES string of the molecule is CCCNc1cc(C(F)F)nc2c(C)cc(Cl)cc12. The van der Waals surface area contributed by atoms with Crippen molar-refractivity contribution < 1.29 is 8.78 Å². The Morgan fingerprint density at radius 3 is 2.68 bits per heavy atom. The number of benzene rings is 1. The van der Waals surface area contributed by atoms with Gasteiger partial charge in [0.05, 0.1) is 5.52 Å². The van der Waals surface area contributed by atoms with E-state index >= 15 is 0 Å². The maximum Gasteiger partial charge on any atom is 0.280 e. The van der Waals surface area contributed by atoms with Crippen molar-refractivity contribution in [3.8, 4) is 0 Å². The molecule has 1 aromatic carbocycles. The van der Waals surface area contributed by atoms with Gasteiger partial charge in [0.1, 0.15) is 5.69 Å². The van der Waals surface area contributed by atoms with Crippen LogP contribution in [0.15, 0.2) is 18.2 Å². The average Bonchev–Trinajstić information content (AvgIpc) is 2.35. The van der Waals surface area contributed by atoms with Crippen molar-refractivity contribution in [1.29, 1.82) is 0 Å². The maximum atomic E-state index is 12.9. The first-order valence-corrected chi connectivity index (χ1v) is 6.53. The summed E-state index contributed by atoms with van der Waals surface area (Å²) in [5.41, 5.74) is 1.81. The number of anilines is 1. The van der Waals surface area contributed by atoms with Gasteiger partial charge in [0.15, 0.2) is 0 Å². The number of aromatic nitrogens is 1. The van der Waals surface area contributed by atoms with Crippen molar-refractivity contribution in [3.63, 3.8) is 0 Å². The minimum Gasteiger partial charge on any atom is -0.384 e. The summed E-state index contributed by atoms with van der Waals surface area (Å²) in [4.78, 5) is 4.04. The number of hydrogen-bond acceptors (Lipinski definition) is 2. The molecule has 2 aromatic rings. The summed E-state index contributed by atoms with van der Waals surface area (Å²) in [5, 5.41) is 4.52. The number of halogens is 3. The van der Waals surface area contributed by atoms with Crippen LogP contribution in [0.5, 0.6) is 0 Å². The van der Waals surface area contributed by atoms with Gasteiger partial charge in [-0.05, 0) is 37.1 Å². The van der Waals surface area contributed by atoms with E-state index in [0.717, 1.165) is 17.4 Å². The van der Waals surface area contributed by atoms with Gasteiger partial charge in [-0.1, -0.05) is 18.5 Å². The van der Waals surface area contributed by atoms with Crippen LogP contribution in [-0.4, -0.2) is 11.5 Å². The zero-order chi connectivity index (χ0) is 14.0. The molecule has 0 spiro atoms. The molecule has 0 aliphatic carbocycles. The van der Waals surface area contributed by atoms with Gasteiger partial charge in [-0.25, -0.2) is 13.8 Å². The second-order valence-corrected chi connectivity index (χ2v) is 4.88. The molecule has 102 valence electrons. The van der Waals surface area contributed by atoms with Gasteiger partial charge in [0.25, 0.3) is 6.43 Å². The van der Waals surface area contributed by atoms with E-state index in [2.05, 4.69) is 10.3 Å². The van der Waals surface area contributed by atoms with Crippen molar-refractivity contribution in [2.75, 3.05) is 11.9 Å². The summed E-state index contributed by atoms with van der Waals surface area (Å²) in [7, 11) is 0. The maximum absolute atomic E-state index is 12.9. The lowest BCUT2D eigenvalue weighted by Crippen LogP contribution is -2.03. The third-order valence-electron chi connectivity index (χ3n) is 2.88. The van der Waals surface area contributed by atoms with Gasteiger partial charge in [-0.3, -0.25) is 0 Å². The Balaban J connectivity index is 2.67. The van der Waals surface area contributed by atoms with Crippen molar-refractivity contribution >= 4 is 28.2 Å². The van der Waals surface area contributed by atoms with Crippen molar-refractivity contribution in [1.82, 2.24) is 4.98 Å². The molecular formula is C14H15ClF2N2. The highest BCUT2D eigenvalue weighted by atomic mass is 35.5. The Morgan fingerprint density at radius 2 is 2.05 bits per heavy atom. The molecule has 0 aliphatic heterocycles. The Hall–Kier alpha value is -1.42. The lowest BCUT2D eigenvalue weighted by Gasteiger charge is -2.13. The fraction of sp³-hybridized carbons (Fsp3) is 0.357. The van der Waals surface area contributed by atoms with Crippen LogP contribution in [0.25, 0.3) is 10.9 Å². The first kappa shape index (κ1) is 14.0. The van der Waals surface area contributed by atoms with Crippen LogP contribution in [0.1, 0.15) is 31.0 Å². The Kier molecular flexibility index (Phi) is 4.20. The first-order chi connectivity index (χ1) is 9.02. The standard InChI is InChI=1S/C14H15ClF2N2/c1-3-4-18-11-7-12(14(16)17)19-13-8(2)5-9(15)6-10(11)13/h5-7,14H,3-4H2,1-2H3,(H,18,19). The first-order valence-electron chi connectivity index (χ1n) is 6.15. The van der Waals surface area contributed by atoms with E-state index in [1.165, 1.54) is 6.07 Å². The predicted molar refractivity (Wildman–Crippen MR) is 75.2 cm³/mol. The fourth-order valence-corrected chi connectivity index (χ4v) is 2.27. The number of aryl methyl sites for hydroxylation is 1. The third-order valence-corrected chi connectivity index (χ3v) is 3.10. The predicted octanol–water partition coefficient (Wildman–Crippen LogP) is 4.96. The van der Waals surface area contributed by atoms with Gasteiger partial charge < -0.3 is 5.32 Å². The molecule has 0 saturated heterocycles. The average molecular weight is 285 g/mol. The van der Waals surface area contributed by atoms with Gasteiger partial charge in [0.2, 0.25) is 0 Å². The quantitative estimate of drug-likeness (QED) is 0.858. The largest absolute Gasteiger partial charge is 0.384 e. The molecule has 0 atom stereocenters. The highest BCUT2D eigenvalue weighted by Gasteiger charge is 2.14. The molecule has 0 saturated carbocycles. The molecule has 0 radical (unpaired) electrons. The highest BCUT2D eigenvalue weighted by Crippen LogP contribution is 2.31. The van der Waals surface area contributed by atoms with Crippen LogP contribution < -0.4 is 5.32 Å². The summed E-state index contributed by atoms with van der Waals surface area (Å²) >= 11 is 6.03. The molecule has 5 heteroatoms. The second kappa shape index (κ2) is 5.70. The fourth-order valence-electron chi connectivity index (χ4n) is 1.99. The molecule has 0 bridgehead atoms. The van der Waals surface area contributed by atoms with E-state index in [1.54, 1.807) is 12.1 Å². The van der Waals surface area contributed by atoms with E-state index in [0.29, 0.717) is 22.8 Å². The summed E-state index contributed by atoms with van der Waals surface area (Å²) in [6.07, 6.45) is -1.67. The Labute approximate surface area is 115 Å². The lowest BCUT2D eigenvalue weighted by atomic mass is 10.1. The zero-order valence-corrected chi connectivity index (χ0v) is 11.6. The monoisotopic (exact) mass is 284 g/mol. The molecule has 19 heavy (non-hydrogen) atoms. The number of nitrogens with one attached hydrogen (secondary N) is 1. The van der Waals surface area contributed by atoms with Gasteiger partial charge >= 0.3 is 0 Å². The van der Waals surface area contributed by atoms with E-state index in [1.807, 2.05) is 13.8 Å². The van der Waals surface area contributed by atoms with E-state index in [-0.39, 0.29) is 5.69 Å². The number of pyridine rings is 1. The van der Waals surface area contributed by atoms with E-state index in [4.69, 9.17) is 11.6 Å². The summed E-state index contributed by atoms with van der Waals surface area (Å²) in [6.45, 7) is 4.55. The molecule has 1 aromatic heterocycles. The number of nitrogens with zero attached hydrogens (tertiary/aromatic N) is 1. The molecule has 2 nitrogen and oxygen atoms in total. The number of fused-ring (bicyclic) bond motifs is 1. The summed E-state index contributed by atoms with van der Waals surface area (Å²) < 4.78 is 25.8. The van der Waals surface area contributed by atoms with Crippen molar-refractivity contribution in [3.05, 3.63) is 34.5 Å². The van der Waals surface area contributed by atoms with Gasteiger partial charge in [0, 0.05) is 22.6 Å². The molecule has 1 heterocycles. The summed E-state index contributed by atoms with van der Waals surface area (Å²) in [6, 6.07) is 4.89. The number of alkyl halides is 2. The minimum atomic E-state index is -2.58. The normalized spacial score (nSPS) is 11.3. The van der Waals surface area contributed by atoms with Crippen LogP contribution in [-0.2, 0) is 0 Å². The Morgan fingerprint density at radius 1 is 1.32 bits per heavy atom. The highest BCUT2D eigenvalue weighted by molar-refractivity contribution is 6.31.